The lowest BCUT2D eigenvalue weighted by molar-refractivity contribution is 0.434. The van der Waals surface area contributed by atoms with Crippen LogP contribution < -0.4 is 5.73 Å². The fraction of sp³-hybridized carbons (Fsp3) is 0.400. The Morgan fingerprint density at radius 1 is 1.22 bits per heavy atom. The van der Waals surface area contributed by atoms with Crippen LogP contribution in [0.1, 0.15) is 31.9 Å². The average molecular weight is 244 g/mol. The molecule has 18 heavy (non-hydrogen) atoms. The molecule has 0 unspecified atom stereocenters. The van der Waals surface area contributed by atoms with Gasteiger partial charge in [0.05, 0.1) is 0 Å². The summed E-state index contributed by atoms with van der Waals surface area (Å²) in [6.45, 7) is 6.47. The second-order valence-corrected chi connectivity index (χ2v) is 5.02. The zero-order valence-electron chi connectivity index (χ0n) is 11.2. The molecule has 3 heteroatoms. The highest BCUT2D eigenvalue weighted by Crippen LogP contribution is 2.30. The lowest BCUT2D eigenvalue weighted by atomic mass is 9.99. The van der Waals surface area contributed by atoms with Crippen LogP contribution in [0.2, 0.25) is 0 Å². The molecular formula is C15H20N2O. The van der Waals surface area contributed by atoms with Crippen LogP contribution in [0, 0.1) is 5.92 Å². The number of aromatic nitrogens is 1. The molecule has 0 saturated heterocycles. The molecule has 1 heterocycles. The molecule has 1 aromatic heterocycles. The molecule has 0 amide bonds. The van der Waals surface area contributed by atoms with Crippen LogP contribution in [0.3, 0.4) is 0 Å². The largest absolute Gasteiger partial charge is 0.381 e. The molecule has 2 N–H and O–H groups in total. The van der Waals surface area contributed by atoms with E-state index in [0.29, 0.717) is 11.7 Å². The maximum atomic E-state index is 5.88. The summed E-state index contributed by atoms with van der Waals surface area (Å²) in [5, 5.41) is 3.89. The van der Waals surface area contributed by atoms with Crippen molar-refractivity contribution in [3.63, 3.8) is 0 Å². The first-order valence-corrected chi connectivity index (χ1v) is 6.45. The highest BCUT2D eigenvalue weighted by Gasteiger charge is 2.16. The number of rotatable bonds is 4. The quantitative estimate of drug-likeness (QED) is 0.892. The molecule has 2 rings (SSSR count). The number of anilines is 1. The first-order valence-electron chi connectivity index (χ1n) is 6.45. The van der Waals surface area contributed by atoms with E-state index in [2.05, 4.69) is 50.2 Å². The minimum Gasteiger partial charge on any atom is -0.381 e. The molecule has 0 aliphatic heterocycles. The maximum absolute atomic E-state index is 5.88. The number of benzene rings is 1. The lowest BCUT2D eigenvalue weighted by Crippen LogP contribution is -1.99. The molecule has 0 fully saturated rings. The van der Waals surface area contributed by atoms with Gasteiger partial charge in [0.1, 0.15) is 0 Å². The third-order valence-electron chi connectivity index (χ3n) is 3.06. The third kappa shape index (κ3) is 2.55. The van der Waals surface area contributed by atoms with Gasteiger partial charge < -0.3 is 10.3 Å². The number of hydrogen-bond acceptors (Lipinski definition) is 3. The first-order chi connectivity index (χ1) is 8.61. The van der Waals surface area contributed by atoms with E-state index < -0.39 is 0 Å². The van der Waals surface area contributed by atoms with E-state index >= 15 is 0 Å². The van der Waals surface area contributed by atoms with Crippen LogP contribution in [-0.2, 0) is 12.8 Å². The van der Waals surface area contributed by atoms with Crippen molar-refractivity contribution < 1.29 is 4.52 Å². The fourth-order valence-electron chi connectivity index (χ4n) is 2.05. The minimum absolute atomic E-state index is 0.512. The van der Waals surface area contributed by atoms with Crippen molar-refractivity contribution in [2.75, 3.05) is 5.73 Å². The second-order valence-electron chi connectivity index (χ2n) is 5.02. The van der Waals surface area contributed by atoms with Crippen LogP contribution in [0.25, 0.3) is 11.3 Å². The molecular weight excluding hydrogens is 224 g/mol. The molecule has 1 aromatic carbocycles. The Morgan fingerprint density at radius 2 is 1.89 bits per heavy atom. The fourth-order valence-corrected chi connectivity index (χ4v) is 2.05. The molecule has 2 aromatic rings. The highest BCUT2D eigenvalue weighted by atomic mass is 16.5. The first kappa shape index (κ1) is 12.7. The highest BCUT2D eigenvalue weighted by molar-refractivity contribution is 5.66. The zero-order valence-corrected chi connectivity index (χ0v) is 11.2. The molecule has 0 bridgehead atoms. The van der Waals surface area contributed by atoms with Crippen LogP contribution >= 0.6 is 0 Å². The Kier molecular flexibility index (Phi) is 3.70. The zero-order chi connectivity index (χ0) is 13.1. The second kappa shape index (κ2) is 5.25. The van der Waals surface area contributed by atoms with Crippen LogP contribution in [0.15, 0.2) is 28.8 Å². The molecule has 0 spiro atoms. The molecule has 3 nitrogen and oxygen atoms in total. The standard InChI is InChI=1S/C15H20N2O/c1-4-11-5-7-12(8-6-11)14-13(9-10(2)3)15(16)17-18-14/h5-8,10H,4,9H2,1-3H3,(H2,16,17). The van der Waals surface area contributed by atoms with Gasteiger partial charge >= 0.3 is 0 Å². The van der Waals surface area contributed by atoms with E-state index in [1.807, 2.05) is 0 Å². The Morgan fingerprint density at radius 3 is 2.44 bits per heavy atom. The Hall–Kier alpha value is -1.77. The van der Waals surface area contributed by atoms with Crippen molar-refractivity contribution in [1.82, 2.24) is 5.16 Å². The normalized spacial score (nSPS) is 11.1. The minimum atomic E-state index is 0.512. The summed E-state index contributed by atoms with van der Waals surface area (Å²) in [7, 11) is 0. The van der Waals surface area contributed by atoms with E-state index in [1.165, 1.54) is 5.56 Å². The van der Waals surface area contributed by atoms with Crippen molar-refractivity contribution in [2.45, 2.75) is 33.6 Å². The van der Waals surface area contributed by atoms with Gasteiger partial charge in [-0.05, 0) is 24.3 Å². The lowest BCUT2D eigenvalue weighted by Gasteiger charge is -2.05. The van der Waals surface area contributed by atoms with Gasteiger partial charge in [-0.25, -0.2) is 0 Å². The van der Waals surface area contributed by atoms with E-state index in [4.69, 9.17) is 10.3 Å². The van der Waals surface area contributed by atoms with E-state index in [9.17, 15) is 0 Å². The topological polar surface area (TPSA) is 52.0 Å². The maximum Gasteiger partial charge on any atom is 0.172 e. The number of hydrogen-bond donors (Lipinski definition) is 1. The van der Waals surface area contributed by atoms with Crippen molar-refractivity contribution in [3.8, 4) is 11.3 Å². The molecule has 0 radical (unpaired) electrons. The van der Waals surface area contributed by atoms with Gasteiger partial charge in [0.2, 0.25) is 0 Å². The predicted octanol–water partition coefficient (Wildman–Crippen LogP) is 3.68. The van der Waals surface area contributed by atoms with Crippen LogP contribution in [0.5, 0.6) is 0 Å². The molecule has 0 aliphatic rings. The smallest absolute Gasteiger partial charge is 0.172 e. The van der Waals surface area contributed by atoms with Crippen LogP contribution in [0.4, 0.5) is 5.82 Å². The summed E-state index contributed by atoms with van der Waals surface area (Å²) >= 11 is 0. The van der Waals surface area contributed by atoms with Gasteiger partial charge in [0, 0.05) is 11.1 Å². The van der Waals surface area contributed by atoms with Gasteiger partial charge in [0.15, 0.2) is 11.6 Å². The Bertz CT molecular complexity index is 512. The average Bonchev–Trinajstić information content (AvgIpc) is 2.71. The van der Waals surface area contributed by atoms with E-state index in [1.54, 1.807) is 0 Å². The molecule has 0 saturated carbocycles. The summed E-state index contributed by atoms with van der Waals surface area (Å²) in [6.07, 6.45) is 1.93. The Labute approximate surface area is 108 Å². The summed E-state index contributed by atoms with van der Waals surface area (Å²) in [4.78, 5) is 0. The SMILES string of the molecule is CCc1ccc(-c2onc(N)c2CC(C)C)cc1. The number of aryl methyl sites for hydroxylation is 1. The Balaban J connectivity index is 2.37. The van der Waals surface area contributed by atoms with Gasteiger partial charge in [-0.1, -0.05) is 50.2 Å². The number of nitrogen functional groups attached to an aromatic ring is 1. The summed E-state index contributed by atoms with van der Waals surface area (Å²) in [6, 6.07) is 8.38. The van der Waals surface area contributed by atoms with Gasteiger partial charge in [0.25, 0.3) is 0 Å². The van der Waals surface area contributed by atoms with E-state index in [0.717, 1.165) is 29.7 Å². The third-order valence-corrected chi connectivity index (χ3v) is 3.06. The van der Waals surface area contributed by atoms with Crippen LogP contribution in [-0.4, -0.2) is 5.16 Å². The summed E-state index contributed by atoms with van der Waals surface area (Å²) in [5.41, 5.74) is 9.27. The summed E-state index contributed by atoms with van der Waals surface area (Å²) < 4.78 is 5.38. The monoisotopic (exact) mass is 244 g/mol. The van der Waals surface area contributed by atoms with Crippen molar-refractivity contribution in [2.24, 2.45) is 5.92 Å². The van der Waals surface area contributed by atoms with Gasteiger partial charge in [-0.2, -0.15) is 0 Å². The van der Waals surface area contributed by atoms with Crippen molar-refractivity contribution >= 4 is 5.82 Å². The van der Waals surface area contributed by atoms with Gasteiger partial charge in [-0.15, -0.1) is 0 Å². The van der Waals surface area contributed by atoms with Crippen molar-refractivity contribution in [1.29, 1.82) is 0 Å². The molecule has 0 aliphatic carbocycles. The van der Waals surface area contributed by atoms with E-state index in [-0.39, 0.29) is 0 Å². The number of nitrogens with zero attached hydrogens (tertiary/aromatic N) is 1. The predicted molar refractivity (Wildman–Crippen MR) is 74.3 cm³/mol. The van der Waals surface area contributed by atoms with Crippen molar-refractivity contribution in [3.05, 3.63) is 35.4 Å². The molecule has 0 atom stereocenters. The number of nitrogens with two attached hydrogens (primary N) is 1. The summed E-state index contributed by atoms with van der Waals surface area (Å²) in [5.74, 6) is 1.85. The van der Waals surface area contributed by atoms with Gasteiger partial charge in [-0.3, -0.25) is 0 Å². The molecule has 96 valence electrons.